The van der Waals surface area contributed by atoms with Gasteiger partial charge in [0.15, 0.2) is 0 Å². The van der Waals surface area contributed by atoms with E-state index in [0.717, 1.165) is 19.4 Å². The van der Waals surface area contributed by atoms with Crippen molar-refractivity contribution in [3.63, 3.8) is 0 Å². The summed E-state index contributed by atoms with van der Waals surface area (Å²) >= 11 is 0. The lowest BCUT2D eigenvalue weighted by Crippen LogP contribution is -2.34. The average molecular weight is 247 g/mol. The molecular formula is C16H25NO. The molecule has 1 fully saturated rings. The molecule has 1 atom stereocenters. The molecule has 0 bridgehead atoms. The number of nitrogens with zero attached hydrogens (tertiary/aromatic N) is 1. The summed E-state index contributed by atoms with van der Waals surface area (Å²) in [5.74, 6) is 0. The standard InChI is InChI=1S/C16H25NO/c1-14-7-9-15(10-8-14)16-6-2-3-11-17(16)12-4-5-13-18/h7-10,16,18H,2-6,11-13H2,1H3. The zero-order valence-electron chi connectivity index (χ0n) is 11.4. The smallest absolute Gasteiger partial charge is 0.0431 e. The number of rotatable bonds is 5. The molecule has 0 aliphatic carbocycles. The third-order valence-electron chi connectivity index (χ3n) is 3.93. The lowest BCUT2D eigenvalue weighted by molar-refractivity contribution is 0.142. The van der Waals surface area contributed by atoms with Gasteiger partial charge in [-0.15, -0.1) is 0 Å². The molecule has 2 heteroatoms. The molecule has 100 valence electrons. The van der Waals surface area contributed by atoms with Crippen molar-refractivity contribution in [1.82, 2.24) is 4.90 Å². The maximum absolute atomic E-state index is 8.89. The van der Waals surface area contributed by atoms with Crippen LogP contribution in [0.4, 0.5) is 0 Å². The predicted octanol–water partition coefficient (Wildman–Crippen LogP) is 3.29. The van der Waals surface area contributed by atoms with E-state index >= 15 is 0 Å². The fourth-order valence-corrected chi connectivity index (χ4v) is 2.85. The van der Waals surface area contributed by atoms with Crippen LogP contribution in [0.3, 0.4) is 0 Å². The molecular weight excluding hydrogens is 222 g/mol. The normalized spacial score (nSPS) is 21.1. The highest BCUT2D eigenvalue weighted by molar-refractivity contribution is 5.24. The van der Waals surface area contributed by atoms with Crippen LogP contribution < -0.4 is 0 Å². The van der Waals surface area contributed by atoms with E-state index in [0.29, 0.717) is 12.6 Å². The Labute approximate surface area is 111 Å². The van der Waals surface area contributed by atoms with Crippen LogP contribution in [0, 0.1) is 6.92 Å². The highest BCUT2D eigenvalue weighted by Crippen LogP contribution is 2.31. The number of aliphatic hydroxyl groups excluding tert-OH is 1. The monoisotopic (exact) mass is 247 g/mol. The maximum Gasteiger partial charge on any atom is 0.0431 e. The zero-order chi connectivity index (χ0) is 12.8. The molecule has 0 saturated carbocycles. The van der Waals surface area contributed by atoms with Crippen LogP contribution in [0.15, 0.2) is 24.3 Å². The van der Waals surface area contributed by atoms with Gasteiger partial charge in [0.25, 0.3) is 0 Å². The van der Waals surface area contributed by atoms with E-state index in [1.807, 2.05) is 0 Å². The van der Waals surface area contributed by atoms with Crippen molar-refractivity contribution in [1.29, 1.82) is 0 Å². The second-order valence-corrected chi connectivity index (χ2v) is 5.39. The van der Waals surface area contributed by atoms with Crippen LogP contribution in [0.1, 0.15) is 49.3 Å². The van der Waals surface area contributed by atoms with Gasteiger partial charge in [-0.3, -0.25) is 4.90 Å². The average Bonchev–Trinajstić information content (AvgIpc) is 2.41. The van der Waals surface area contributed by atoms with Crippen molar-refractivity contribution in [2.45, 2.75) is 45.1 Å². The lowest BCUT2D eigenvalue weighted by atomic mass is 9.94. The summed E-state index contributed by atoms with van der Waals surface area (Å²) < 4.78 is 0. The number of benzene rings is 1. The number of aliphatic hydroxyl groups is 1. The van der Waals surface area contributed by atoms with Gasteiger partial charge in [0.2, 0.25) is 0 Å². The van der Waals surface area contributed by atoms with Crippen molar-refractivity contribution < 1.29 is 5.11 Å². The molecule has 0 amide bonds. The van der Waals surface area contributed by atoms with Crippen molar-refractivity contribution in [2.75, 3.05) is 19.7 Å². The molecule has 18 heavy (non-hydrogen) atoms. The van der Waals surface area contributed by atoms with E-state index in [9.17, 15) is 0 Å². The van der Waals surface area contributed by atoms with E-state index in [1.165, 1.54) is 36.9 Å². The molecule has 1 aromatic rings. The summed E-state index contributed by atoms with van der Waals surface area (Å²) in [6, 6.07) is 9.60. The third-order valence-corrected chi connectivity index (χ3v) is 3.93. The topological polar surface area (TPSA) is 23.5 Å². The SMILES string of the molecule is Cc1ccc(C2CCCCN2CCCCO)cc1. The molecule has 2 rings (SSSR count). The van der Waals surface area contributed by atoms with Crippen molar-refractivity contribution in [3.8, 4) is 0 Å². The highest BCUT2D eigenvalue weighted by Gasteiger charge is 2.22. The van der Waals surface area contributed by atoms with E-state index in [4.69, 9.17) is 5.11 Å². The van der Waals surface area contributed by atoms with Crippen LogP contribution in [0.2, 0.25) is 0 Å². The van der Waals surface area contributed by atoms with E-state index in [2.05, 4.69) is 36.1 Å². The van der Waals surface area contributed by atoms with Crippen molar-refractivity contribution in [3.05, 3.63) is 35.4 Å². The first-order valence-electron chi connectivity index (χ1n) is 7.23. The first-order chi connectivity index (χ1) is 8.81. The van der Waals surface area contributed by atoms with Gasteiger partial charge in [-0.25, -0.2) is 0 Å². The minimum Gasteiger partial charge on any atom is -0.396 e. The Morgan fingerprint density at radius 2 is 1.94 bits per heavy atom. The molecule has 1 N–H and O–H groups in total. The summed E-state index contributed by atoms with van der Waals surface area (Å²) in [5, 5.41) is 8.89. The van der Waals surface area contributed by atoms with Gasteiger partial charge in [-0.2, -0.15) is 0 Å². The fraction of sp³-hybridized carbons (Fsp3) is 0.625. The largest absolute Gasteiger partial charge is 0.396 e. The van der Waals surface area contributed by atoms with Gasteiger partial charge < -0.3 is 5.11 Å². The van der Waals surface area contributed by atoms with Crippen LogP contribution in [-0.4, -0.2) is 29.7 Å². The quantitative estimate of drug-likeness (QED) is 0.807. The molecule has 1 unspecified atom stereocenters. The molecule has 2 nitrogen and oxygen atoms in total. The lowest BCUT2D eigenvalue weighted by Gasteiger charge is -2.36. The summed E-state index contributed by atoms with van der Waals surface area (Å²) in [4.78, 5) is 2.60. The summed E-state index contributed by atoms with van der Waals surface area (Å²) in [5.41, 5.74) is 2.80. The maximum atomic E-state index is 8.89. The summed E-state index contributed by atoms with van der Waals surface area (Å²) in [6.07, 6.45) is 5.98. The van der Waals surface area contributed by atoms with E-state index in [-0.39, 0.29) is 0 Å². The number of likely N-dealkylation sites (tertiary alicyclic amines) is 1. The Balaban J connectivity index is 2.00. The van der Waals surface area contributed by atoms with Crippen molar-refractivity contribution in [2.24, 2.45) is 0 Å². The molecule has 1 aromatic carbocycles. The van der Waals surface area contributed by atoms with Crippen LogP contribution in [0.5, 0.6) is 0 Å². The molecule has 1 saturated heterocycles. The predicted molar refractivity (Wildman–Crippen MR) is 75.7 cm³/mol. The summed E-state index contributed by atoms with van der Waals surface area (Å²) in [7, 11) is 0. The second kappa shape index (κ2) is 6.91. The Morgan fingerprint density at radius 3 is 2.67 bits per heavy atom. The molecule has 0 aromatic heterocycles. The fourth-order valence-electron chi connectivity index (χ4n) is 2.85. The minimum absolute atomic E-state index is 0.322. The molecule has 1 aliphatic heterocycles. The Bertz CT molecular complexity index is 347. The molecule has 1 heterocycles. The minimum atomic E-state index is 0.322. The van der Waals surface area contributed by atoms with E-state index in [1.54, 1.807) is 0 Å². The van der Waals surface area contributed by atoms with Crippen LogP contribution in [-0.2, 0) is 0 Å². The molecule has 0 radical (unpaired) electrons. The first-order valence-corrected chi connectivity index (χ1v) is 7.23. The Kier molecular flexibility index (Phi) is 5.21. The number of piperidine rings is 1. The van der Waals surface area contributed by atoms with Crippen molar-refractivity contribution >= 4 is 0 Å². The Morgan fingerprint density at radius 1 is 1.17 bits per heavy atom. The highest BCUT2D eigenvalue weighted by atomic mass is 16.2. The van der Waals surface area contributed by atoms with E-state index < -0.39 is 0 Å². The number of hydrogen-bond donors (Lipinski definition) is 1. The molecule has 1 aliphatic rings. The van der Waals surface area contributed by atoms with Gasteiger partial charge in [0.05, 0.1) is 0 Å². The van der Waals surface area contributed by atoms with Gasteiger partial charge >= 0.3 is 0 Å². The van der Waals surface area contributed by atoms with Crippen LogP contribution in [0.25, 0.3) is 0 Å². The first kappa shape index (κ1) is 13.6. The number of aryl methyl sites for hydroxylation is 1. The molecule has 0 spiro atoms. The Hall–Kier alpha value is -0.860. The second-order valence-electron chi connectivity index (χ2n) is 5.39. The van der Waals surface area contributed by atoms with Gasteiger partial charge in [0.1, 0.15) is 0 Å². The zero-order valence-corrected chi connectivity index (χ0v) is 11.4. The third kappa shape index (κ3) is 3.56. The number of hydrogen-bond acceptors (Lipinski definition) is 2. The van der Waals surface area contributed by atoms with Gasteiger partial charge in [-0.1, -0.05) is 36.2 Å². The van der Waals surface area contributed by atoms with Gasteiger partial charge in [0, 0.05) is 12.6 Å². The summed E-state index contributed by atoms with van der Waals surface area (Å²) in [6.45, 7) is 4.80. The number of unbranched alkanes of at least 4 members (excludes halogenated alkanes) is 1. The van der Waals surface area contributed by atoms with Crippen LogP contribution >= 0.6 is 0 Å². The van der Waals surface area contributed by atoms with Gasteiger partial charge in [-0.05, 0) is 51.3 Å².